The molecule has 145 heavy (non-hydrogen) atoms. The highest BCUT2D eigenvalue weighted by Gasteiger charge is 2.55. The van der Waals surface area contributed by atoms with Crippen LogP contribution in [0.1, 0.15) is 348 Å². The topological polar surface area (TPSA) is 375 Å². The molecular formula is C106H160BCl3F3N9O22S. The smallest absolute Gasteiger partial charge is 0.465 e. The summed E-state index contributed by atoms with van der Waals surface area (Å²) in [5, 5.41) is 9.65. The molecular weight excluding hydrogens is 1960 g/mol. The number of piperidine rings is 3. The predicted octanol–water partition coefficient (Wildman–Crippen LogP) is 22.6. The SMILES string of the molecule is CC.CC(C)(C)OC(=O)NCCCCCN.CC(C)(C)OC(=O)NCCCCCNC(=O)c1cc(Cl)ccc1C1CC2CCC(C1)N2CCN1C(=O)CCc2ccccc21.CC1C=C(B2OC(C)(C)C(C)(C)O2)CC(C)N1C(=O)OC(C)(C)C.CC1CC(=O)CC(C)N1C(=O)OC(C)(C)C.COC(=O)c1cc(Cl)ccc1C1CC2CCC(C1)N2C(=O)OC(C)(C)C.COC(=O)c1cc(Cl)ccc1OS(=O)(=O)C(F)(F)F. The van der Waals surface area contributed by atoms with Crippen molar-refractivity contribution in [1.82, 2.24) is 35.6 Å². The number of benzene rings is 4. The highest BCUT2D eigenvalue weighted by molar-refractivity contribution is 7.88. The van der Waals surface area contributed by atoms with Crippen molar-refractivity contribution < 1.29 is 116 Å². The monoisotopic (exact) mass is 2120 g/mol. The third kappa shape index (κ3) is 38.7. The first-order valence-corrected chi connectivity index (χ1v) is 53.0. The molecule has 812 valence electrons. The number of nitrogens with two attached hydrogens (primary N) is 1. The number of likely N-dealkylation sites (tertiary alicyclic amines) is 1. The third-order valence-electron chi connectivity index (χ3n) is 25.4. The van der Waals surface area contributed by atoms with Crippen LogP contribution in [0.5, 0.6) is 5.75 Å². The summed E-state index contributed by atoms with van der Waals surface area (Å²) < 4.78 is 110. The van der Waals surface area contributed by atoms with Crippen LogP contribution in [0.2, 0.25) is 15.1 Å². The normalized spacial score (nSPS) is 21.6. The zero-order chi connectivity index (χ0) is 109. The van der Waals surface area contributed by atoms with Gasteiger partial charge in [0.25, 0.3) is 5.91 Å². The number of amides is 7. The Labute approximate surface area is 872 Å². The summed E-state index contributed by atoms with van der Waals surface area (Å²) in [7, 11) is -3.88. The fourth-order valence-corrected chi connectivity index (χ4v) is 19.5. The molecule has 31 nitrogen and oxygen atoms in total. The lowest BCUT2D eigenvalue weighted by atomic mass is 9.72. The van der Waals surface area contributed by atoms with Crippen LogP contribution in [0.25, 0.3) is 0 Å². The molecule has 8 heterocycles. The predicted molar refractivity (Wildman–Crippen MR) is 558 cm³/mol. The molecule has 8 aliphatic rings. The summed E-state index contributed by atoms with van der Waals surface area (Å²) in [6.07, 6.45) is 17.0. The second-order valence-electron chi connectivity index (χ2n) is 43.5. The molecule has 5 N–H and O–H groups in total. The molecule has 0 aromatic heterocycles. The number of nitrogens with zero attached hydrogens (tertiary/aromatic N) is 5. The van der Waals surface area contributed by atoms with Crippen molar-refractivity contribution in [2.75, 3.05) is 58.4 Å². The van der Waals surface area contributed by atoms with Gasteiger partial charge in [0.2, 0.25) is 5.91 Å². The van der Waals surface area contributed by atoms with Gasteiger partial charge in [-0.05, 0) is 345 Å². The number of fused-ring (bicyclic) bond motifs is 5. The summed E-state index contributed by atoms with van der Waals surface area (Å²) >= 11 is 18.0. The number of hydrogen-bond acceptors (Lipinski definition) is 24. The van der Waals surface area contributed by atoms with Crippen LogP contribution in [0.15, 0.2) is 90.4 Å². The number of ether oxygens (including phenoxy) is 7. The second-order valence-corrected chi connectivity index (χ2v) is 46.4. The standard InChI is InChI=1S/C35H47ClN4O4.C20H26ClNO4.C18H32BNO4.C12H21NO3.C10H22N2O2.C9H6ClF3O5S.C2H6/c1-35(2,3)44-34(43)38-18-8-4-7-17-37-33(42)30-23-26(36)12-15-29(30)25-21-27-13-14-28(22-25)39(27)19-20-40-31-10-6-5-9-24(31)11-16-32(40)41;1-20(2,3)26-19(24)22-14-6-7-15(22)10-12(9-14)16-8-5-13(21)11-17(16)18(23)25-4;1-12-10-14(19-23-17(6,7)18(8,9)24-19)11-13(2)20(12)15(21)22-16(3,4)5;1-8-6-10(14)7-9(2)13(8)11(15)16-12(3,4)5;1-10(2,3)14-9(13)12-8-6-4-5-7-11;1-17-8(14)6-4-5(10)2-3-7(6)18-19(15,16)9(11,12)13;1-2/h5-6,9-10,12,15,23,25,27-28H,4,7-8,11,13-14,16-22H2,1-3H3,(H,37,42)(H,38,43);5,8,11-12,14-15H,6-7,9-10H2,1-4H3;10,12-13H,11H2,1-9H3;8-9H,6-7H2,1-5H3;4-8,11H2,1-3H3,(H,12,13);2-4H,1H3;1-2H3. The van der Waals surface area contributed by atoms with Gasteiger partial charge in [0, 0.05) is 121 Å². The van der Waals surface area contributed by atoms with Crippen LogP contribution in [0.4, 0.5) is 42.8 Å². The van der Waals surface area contributed by atoms with Gasteiger partial charge >= 0.3 is 65.1 Å². The Morgan fingerprint density at radius 3 is 1.35 bits per heavy atom. The van der Waals surface area contributed by atoms with Gasteiger partial charge in [-0.15, -0.1) is 0 Å². The van der Waals surface area contributed by atoms with E-state index in [9.17, 15) is 69.5 Å². The van der Waals surface area contributed by atoms with Crippen molar-refractivity contribution in [2.45, 2.75) is 400 Å². The fraction of sp³-hybridized carbons (Fsp3) is 0.660. The molecule has 8 unspecified atom stereocenters. The number of esters is 2. The second kappa shape index (κ2) is 54.3. The van der Waals surface area contributed by atoms with Gasteiger partial charge in [0.05, 0.1) is 37.0 Å². The largest absolute Gasteiger partial charge is 0.534 e. The van der Waals surface area contributed by atoms with Gasteiger partial charge in [-0.1, -0.05) is 91.5 Å². The molecule has 4 aromatic rings. The number of unbranched alkanes of at least 4 members (excludes halogenated alkanes) is 4. The van der Waals surface area contributed by atoms with Crippen LogP contribution >= 0.6 is 34.8 Å². The van der Waals surface area contributed by atoms with E-state index in [1.54, 1.807) is 15.9 Å². The van der Waals surface area contributed by atoms with Crippen molar-refractivity contribution in [3.63, 3.8) is 0 Å². The van der Waals surface area contributed by atoms with Crippen molar-refractivity contribution in [2.24, 2.45) is 5.73 Å². The number of rotatable bonds is 22. The number of carbonyl (C=O) groups excluding carboxylic acids is 10. The van der Waals surface area contributed by atoms with E-state index >= 15 is 0 Å². The lowest BCUT2D eigenvalue weighted by Gasteiger charge is -2.41. The Balaban J connectivity index is 0.000000278. The molecule has 7 amide bonds. The number of anilines is 1. The fourth-order valence-electron chi connectivity index (χ4n) is 18.5. The van der Waals surface area contributed by atoms with Gasteiger partial charge in [0.15, 0.2) is 5.75 Å². The number of aryl methyl sites for hydroxylation is 1. The van der Waals surface area contributed by atoms with Crippen LogP contribution in [0, 0.1) is 0 Å². The van der Waals surface area contributed by atoms with Crippen LogP contribution in [-0.4, -0.2) is 242 Å². The summed E-state index contributed by atoms with van der Waals surface area (Å²) in [5.74, 6) is -1.41. The maximum absolute atomic E-state index is 13.3. The number of halogens is 6. The van der Waals surface area contributed by atoms with Gasteiger partial charge in [-0.3, -0.25) is 24.2 Å². The highest BCUT2D eigenvalue weighted by atomic mass is 35.5. The number of methoxy groups -OCH3 is 2. The van der Waals surface area contributed by atoms with E-state index in [0.717, 1.165) is 163 Å². The molecule has 8 atom stereocenters. The number of para-hydroxylation sites is 1. The molecule has 0 aliphatic carbocycles. The first-order chi connectivity index (χ1) is 67.3. The molecule has 0 saturated carbocycles. The zero-order valence-electron chi connectivity index (χ0n) is 90.1. The van der Waals surface area contributed by atoms with Gasteiger partial charge in [-0.2, -0.15) is 21.6 Å². The molecule has 6 saturated heterocycles. The summed E-state index contributed by atoms with van der Waals surface area (Å²) in [5.41, 5.74) is 2.77. The van der Waals surface area contributed by atoms with Crippen molar-refractivity contribution in [3.8, 4) is 5.75 Å². The average molecular weight is 2120 g/mol. The lowest BCUT2D eigenvalue weighted by molar-refractivity contribution is -0.124. The number of nitrogens with one attached hydrogen (secondary N) is 3. The van der Waals surface area contributed by atoms with Gasteiger partial charge < -0.3 is 83.0 Å². The Hall–Kier alpha value is -9.17. The number of alkyl halides is 3. The lowest BCUT2D eigenvalue weighted by Crippen LogP contribution is -2.51. The molecule has 6 fully saturated rings. The van der Waals surface area contributed by atoms with Gasteiger partial charge in [-0.25, -0.2) is 33.6 Å². The van der Waals surface area contributed by atoms with Crippen molar-refractivity contribution in [3.05, 3.63) is 139 Å². The Morgan fingerprint density at radius 1 is 0.497 bits per heavy atom. The van der Waals surface area contributed by atoms with Crippen LogP contribution in [-0.2, 0) is 68.6 Å². The Bertz CT molecular complexity index is 5120. The number of ketones is 1. The first kappa shape index (κ1) is 125. The average Bonchev–Trinajstić information content (AvgIpc) is 1.62. The van der Waals surface area contributed by atoms with E-state index in [2.05, 4.69) is 81.7 Å². The number of hydrogen-bond donors (Lipinski definition) is 4. The van der Waals surface area contributed by atoms with Crippen LogP contribution < -0.4 is 30.8 Å². The molecule has 0 spiro atoms. The van der Waals surface area contributed by atoms with Crippen molar-refractivity contribution in [1.29, 1.82) is 0 Å². The van der Waals surface area contributed by atoms with E-state index in [-0.39, 0.29) is 113 Å². The minimum atomic E-state index is -5.88. The van der Waals surface area contributed by atoms with E-state index in [0.29, 0.717) is 84.6 Å². The summed E-state index contributed by atoms with van der Waals surface area (Å²) in [4.78, 5) is 131. The van der Waals surface area contributed by atoms with E-state index < -0.39 is 67.0 Å². The molecule has 4 bridgehead atoms. The summed E-state index contributed by atoms with van der Waals surface area (Å²) in [6.45, 7) is 52.0. The van der Waals surface area contributed by atoms with Crippen LogP contribution in [0.3, 0.4) is 0 Å². The molecule has 8 aliphatic heterocycles. The number of carbonyl (C=O) groups is 10. The molecule has 0 radical (unpaired) electrons. The Kier molecular flexibility index (Phi) is 46.7. The quantitative estimate of drug-likeness (QED) is 0.0142. The molecule has 4 aromatic carbocycles. The third-order valence-corrected chi connectivity index (χ3v) is 27.1. The maximum atomic E-state index is 13.3. The first-order valence-electron chi connectivity index (χ1n) is 50.5. The molecule has 39 heteroatoms. The highest BCUT2D eigenvalue weighted by Crippen LogP contribution is 2.48. The maximum Gasteiger partial charge on any atom is 0.534 e. The van der Waals surface area contributed by atoms with E-state index in [4.69, 9.17) is 78.3 Å². The van der Waals surface area contributed by atoms with Gasteiger partial charge in [0.1, 0.15) is 39.4 Å². The minimum Gasteiger partial charge on any atom is -0.465 e. The minimum absolute atomic E-state index is 0.00263. The van der Waals surface area contributed by atoms with Crippen molar-refractivity contribution >= 4 is 118 Å². The number of Topliss-reactive ketones (excluding diaryl/α,β-unsaturated/α-hetero) is 1. The van der Waals surface area contributed by atoms with E-state index in [1.165, 1.54) is 12.7 Å². The zero-order valence-corrected chi connectivity index (χ0v) is 93.2. The Morgan fingerprint density at radius 2 is 0.897 bits per heavy atom. The number of alkyl carbamates (subject to hydrolysis) is 2. The summed E-state index contributed by atoms with van der Waals surface area (Å²) in [6, 6.07) is 23.3. The molecule has 12 rings (SSSR count). The van der Waals surface area contributed by atoms with E-state index in [1.807, 2.05) is 192 Å².